The number of carbonyl (C=O) groups is 2. The molecule has 0 saturated carbocycles. The lowest BCUT2D eigenvalue weighted by Crippen LogP contribution is -2.44. The molecule has 30 heavy (non-hydrogen) atoms. The van der Waals surface area contributed by atoms with Crippen molar-refractivity contribution in [2.75, 3.05) is 18.5 Å². The molecule has 0 aromatic heterocycles. The minimum Gasteiger partial charge on any atom is -0.360 e. The smallest absolute Gasteiger partial charge is 0.242 e. The van der Waals surface area contributed by atoms with Gasteiger partial charge in [0.15, 0.2) is 0 Å². The largest absolute Gasteiger partial charge is 0.360 e. The molecule has 0 radical (unpaired) electrons. The summed E-state index contributed by atoms with van der Waals surface area (Å²) in [5.41, 5.74) is 8.48. The zero-order chi connectivity index (χ0) is 20.8. The highest BCUT2D eigenvalue weighted by atomic mass is 35.5. The third-order valence-electron chi connectivity index (χ3n) is 5.17. The summed E-state index contributed by atoms with van der Waals surface area (Å²) in [5, 5.41) is 13.5. The molecule has 1 heterocycles. The number of benzene rings is 2. The van der Waals surface area contributed by atoms with Gasteiger partial charge in [-0.25, -0.2) is 0 Å². The number of amides is 2. The van der Waals surface area contributed by atoms with E-state index in [1.54, 1.807) is 19.2 Å². The Morgan fingerprint density at radius 3 is 2.47 bits per heavy atom. The predicted molar refractivity (Wildman–Crippen MR) is 121 cm³/mol. The molecule has 160 valence electrons. The Morgan fingerprint density at radius 1 is 1.17 bits per heavy atom. The summed E-state index contributed by atoms with van der Waals surface area (Å²) in [6.07, 6.45) is 2.20. The van der Waals surface area contributed by atoms with Crippen LogP contribution in [0, 0.1) is 5.41 Å². The Labute approximate surface area is 182 Å². The molecule has 8 heteroatoms. The average molecular weight is 430 g/mol. The van der Waals surface area contributed by atoms with E-state index in [2.05, 4.69) is 15.5 Å². The standard InChI is InChI=1S/C22H27N5O2.ClH/c1-25-22(29)19-8-5-13-27(19)17-11-9-16(10-12-17)20(24)26-21(28)18(23)14-15-6-3-2-4-7-15;/h2-4,6-7,9-12,18-19H,5,8,13-14,23H2,1H3,(H,25,29)(H2,24,26,28);1H/t18-,19+;/m1./s1. The SMILES string of the molecule is CNC(=O)[C@@H]1CCCN1c1ccc(C(=N)NC(=O)[C@H](N)Cc2ccccc2)cc1.Cl. The Kier molecular flexibility index (Phi) is 8.38. The third-order valence-corrected chi connectivity index (χ3v) is 5.17. The topological polar surface area (TPSA) is 111 Å². The highest BCUT2D eigenvalue weighted by molar-refractivity contribution is 6.07. The van der Waals surface area contributed by atoms with Crippen LogP contribution < -0.4 is 21.3 Å². The first-order valence-electron chi connectivity index (χ1n) is 9.77. The molecule has 1 aliphatic rings. The first-order valence-corrected chi connectivity index (χ1v) is 9.77. The van der Waals surface area contributed by atoms with Crippen molar-refractivity contribution in [3.63, 3.8) is 0 Å². The number of nitrogens with two attached hydrogens (primary N) is 1. The van der Waals surface area contributed by atoms with Crippen molar-refractivity contribution in [3.8, 4) is 0 Å². The Bertz CT molecular complexity index is 873. The van der Waals surface area contributed by atoms with Crippen LogP contribution in [0.5, 0.6) is 0 Å². The van der Waals surface area contributed by atoms with E-state index < -0.39 is 6.04 Å². The molecule has 1 fully saturated rings. The lowest BCUT2D eigenvalue weighted by Gasteiger charge is -2.25. The third kappa shape index (κ3) is 5.58. The van der Waals surface area contributed by atoms with Gasteiger partial charge in [0.05, 0.1) is 6.04 Å². The average Bonchev–Trinajstić information content (AvgIpc) is 3.24. The minimum atomic E-state index is -0.727. The van der Waals surface area contributed by atoms with Gasteiger partial charge in [0.2, 0.25) is 11.8 Å². The lowest BCUT2D eigenvalue weighted by atomic mass is 10.1. The van der Waals surface area contributed by atoms with E-state index in [1.165, 1.54) is 0 Å². The number of nitrogens with one attached hydrogen (secondary N) is 3. The van der Waals surface area contributed by atoms with E-state index in [9.17, 15) is 9.59 Å². The zero-order valence-corrected chi connectivity index (χ0v) is 17.7. The minimum absolute atomic E-state index is 0. The summed E-state index contributed by atoms with van der Waals surface area (Å²) in [6.45, 7) is 0.819. The highest BCUT2D eigenvalue weighted by Gasteiger charge is 2.30. The number of hydrogen-bond donors (Lipinski definition) is 4. The predicted octanol–water partition coefficient (Wildman–Crippen LogP) is 1.83. The van der Waals surface area contributed by atoms with E-state index >= 15 is 0 Å². The maximum atomic E-state index is 12.3. The van der Waals surface area contributed by atoms with Gasteiger partial charge in [0.25, 0.3) is 0 Å². The maximum Gasteiger partial charge on any atom is 0.242 e. The summed E-state index contributed by atoms with van der Waals surface area (Å²) in [6, 6.07) is 16.0. The van der Waals surface area contributed by atoms with Gasteiger partial charge in [0, 0.05) is 24.8 Å². The Balaban J connectivity index is 0.00000320. The van der Waals surface area contributed by atoms with Gasteiger partial charge in [-0.15, -0.1) is 12.4 Å². The van der Waals surface area contributed by atoms with Gasteiger partial charge in [0.1, 0.15) is 11.9 Å². The van der Waals surface area contributed by atoms with Crippen molar-refractivity contribution < 1.29 is 9.59 Å². The van der Waals surface area contributed by atoms with Crippen LogP contribution in [0.25, 0.3) is 0 Å². The van der Waals surface area contributed by atoms with E-state index in [0.29, 0.717) is 12.0 Å². The normalized spacial score (nSPS) is 16.3. The maximum absolute atomic E-state index is 12.3. The van der Waals surface area contributed by atoms with E-state index in [4.69, 9.17) is 11.1 Å². The number of nitrogens with zero attached hydrogens (tertiary/aromatic N) is 1. The van der Waals surface area contributed by atoms with Crippen LogP contribution in [0.2, 0.25) is 0 Å². The summed E-state index contributed by atoms with van der Waals surface area (Å²) >= 11 is 0. The fraction of sp³-hybridized carbons (Fsp3) is 0.318. The van der Waals surface area contributed by atoms with Crippen LogP contribution in [0.3, 0.4) is 0 Å². The van der Waals surface area contributed by atoms with E-state index in [1.807, 2.05) is 42.5 Å². The molecule has 0 bridgehead atoms. The second-order valence-electron chi connectivity index (χ2n) is 7.17. The summed E-state index contributed by atoms with van der Waals surface area (Å²) < 4.78 is 0. The molecule has 0 spiro atoms. The summed E-state index contributed by atoms with van der Waals surface area (Å²) in [4.78, 5) is 26.4. The second kappa shape index (κ2) is 10.8. The molecule has 2 atom stereocenters. The summed E-state index contributed by atoms with van der Waals surface area (Å²) in [7, 11) is 1.65. The molecular weight excluding hydrogens is 402 g/mol. The van der Waals surface area contributed by atoms with Gasteiger partial charge in [-0.3, -0.25) is 15.0 Å². The van der Waals surface area contributed by atoms with E-state index in [0.717, 1.165) is 30.6 Å². The van der Waals surface area contributed by atoms with Crippen molar-refractivity contribution in [1.29, 1.82) is 5.41 Å². The first kappa shape index (κ1) is 23.4. The zero-order valence-electron chi connectivity index (χ0n) is 16.9. The van der Waals surface area contributed by atoms with Crippen LogP contribution in [0.4, 0.5) is 5.69 Å². The van der Waals surface area contributed by atoms with Gasteiger partial charge in [-0.05, 0) is 49.1 Å². The number of likely N-dealkylation sites (N-methyl/N-ethyl adjacent to an activating group) is 1. The molecule has 1 saturated heterocycles. The van der Waals surface area contributed by atoms with E-state index in [-0.39, 0.29) is 36.1 Å². The van der Waals surface area contributed by atoms with Gasteiger partial charge < -0.3 is 21.3 Å². The molecular formula is C22H28ClN5O2. The van der Waals surface area contributed by atoms with Crippen LogP contribution in [0.15, 0.2) is 54.6 Å². The van der Waals surface area contributed by atoms with Gasteiger partial charge >= 0.3 is 0 Å². The molecule has 2 aromatic rings. The van der Waals surface area contributed by atoms with Gasteiger partial charge in [-0.2, -0.15) is 0 Å². The highest BCUT2D eigenvalue weighted by Crippen LogP contribution is 2.26. The Morgan fingerprint density at radius 2 is 1.83 bits per heavy atom. The molecule has 7 nitrogen and oxygen atoms in total. The molecule has 0 unspecified atom stereocenters. The number of amidine groups is 1. The molecule has 2 aromatic carbocycles. The molecule has 3 rings (SSSR count). The monoisotopic (exact) mass is 429 g/mol. The number of anilines is 1. The quantitative estimate of drug-likeness (QED) is 0.414. The Hall–Kier alpha value is -2.90. The molecule has 5 N–H and O–H groups in total. The summed E-state index contributed by atoms with van der Waals surface area (Å²) in [5.74, 6) is -0.365. The van der Waals surface area contributed by atoms with Gasteiger partial charge in [-0.1, -0.05) is 30.3 Å². The number of hydrogen-bond acceptors (Lipinski definition) is 5. The van der Waals surface area contributed by atoms with Crippen molar-refractivity contribution in [2.24, 2.45) is 5.73 Å². The fourth-order valence-electron chi connectivity index (χ4n) is 3.58. The number of carbonyl (C=O) groups excluding carboxylic acids is 2. The molecule has 1 aliphatic heterocycles. The van der Waals surface area contributed by atoms with Crippen molar-refractivity contribution >= 4 is 35.7 Å². The van der Waals surface area contributed by atoms with Crippen LogP contribution >= 0.6 is 12.4 Å². The fourth-order valence-corrected chi connectivity index (χ4v) is 3.58. The lowest BCUT2D eigenvalue weighted by molar-refractivity contribution is -0.122. The number of rotatable bonds is 6. The molecule has 0 aliphatic carbocycles. The van der Waals surface area contributed by atoms with Crippen LogP contribution in [0.1, 0.15) is 24.0 Å². The first-order chi connectivity index (χ1) is 14.0. The van der Waals surface area contributed by atoms with Crippen LogP contribution in [-0.4, -0.2) is 43.3 Å². The number of halogens is 1. The second-order valence-corrected chi connectivity index (χ2v) is 7.17. The molecule has 2 amide bonds. The van der Waals surface area contributed by atoms with Crippen molar-refractivity contribution in [1.82, 2.24) is 10.6 Å². The van der Waals surface area contributed by atoms with Crippen LogP contribution in [-0.2, 0) is 16.0 Å². The van der Waals surface area contributed by atoms with Crippen molar-refractivity contribution in [2.45, 2.75) is 31.3 Å². The van der Waals surface area contributed by atoms with Crippen molar-refractivity contribution in [3.05, 3.63) is 65.7 Å².